The van der Waals surface area contributed by atoms with E-state index in [2.05, 4.69) is 5.32 Å². The van der Waals surface area contributed by atoms with E-state index in [9.17, 15) is 17.6 Å². The van der Waals surface area contributed by atoms with Gasteiger partial charge in [0.15, 0.2) is 21.4 Å². The van der Waals surface area contributed by atoms with Gasteiger partial charge in [0, 0.05) is 11.8 Å². The number of rotatable bonds is 5. The number of methoxy groups -OCH3 is 1. The second-order valence-corrected chi connectivity index (χ2v) is 7.40. The van der Waals surface area contributed by atoms with Gasteiger partial charge >= 0.3 is 0 Å². The molecule has 0 saturated carbocycles. The molecule has 5 nitrogen and oxygen atoms in total. The Bertz CT molecular complexity index is 865. The summed E-state index contributed by atoms with van der Waals surface area (Å²) in [4.78, 5) is 12.4. The Morgan fingerprint density at radius 3 is 2.50 bits per heavy atom. The average molecular weight is 351 g/mol. The predicted octanol–water partition coefficient (Wildman–Crippen LogP) is 2.73. The van der Waals surface area contributed by atoms with Crippen LogP contribution in [0.1, 0.15) is 28.9 Å². The number of sulfone groups is 1. The summed E-state index contributed by atoms with van der Waals surface area (Å²) < 4.78 is 41.7. The molecule has 0 heterocycles. The number of ether oxygens (including phenoxy) is 1. The molecule has 128 valence electrons. The lowest BCUT2D eigenvalue weighted by atomic mass is 10.1. The molecule has 2 rings (SSSR count). The van der Waals surface area contributed by atoms with Gasteiger partial charge < -0.3 is 10.1 Å². The molecule has 2 aromatic rings. The lowest BCUT2D eigenvalue weighted by molar-refractivity contribution is 0.0939. The minimum absolute atomic E-state index is 0.0679. The van der Waals surface area contributed by atoms with E-state index in [0.29, 0.717) is 5.56 Å². The highest BCUT2D eigenvalue weighted by Crippen LogP contribution is 2.22. The third-order valence-electron chi connectivity index (χ3n) is 3.55. The van der Waals surface area contributed by atoms with Crippen LogP contribution in [-0.2, 0) is 9.84 Å². The van der Waals surface area contributed by atoms with Gasteiger partial charge in [0.25, 0.3) is 5.91 Å². The van der Waals surface area contributed by atoms with Gasteiger partial charge in [0.2, 0.25) is 0 Å². The topological polar surface area (TPSA) is 72.5 Å². The number of amides is 1. The van der Waals surface area contributed by atoms with E-state index in [0.717, 1.165) is 6.26 Å². The van der Waals surface area contributed by atoms with Gasteiger partial charge in [-0.15, -0.1) is 0 Å². The standard InChI is InChI=1S/C17H18FNO4S/c1-11(12-7-8-16(23-2)15(18)10-12)19-17(20)13-5-4-6-14(9-13)24(3,21)22/h4-11H,1-3H3,(H,19,20). The van der Waals surface area contributed by atoms with E-state index in [1.54, 1.807) is 13.0 Å². The molecule has 1 atom stereocenters. The zero-order valence-corrected chi connectivity index (χ0v) is 14.4. The van der Waals surface area contributed by atoms with Gasteiger partial charge in [0.1, 0.15) is 0 Å². The van der Waals surface area contributed by atoms with Crippen molar-refractivity contribution in [2.45, 2.75) is 17.9 Å². The minimum atomic E-state index is -3.40. The molecule has 0 fully saturated rings. The summed E-state index contributed by atoms with van der Waals surface area (Å²) in [5, 5.41) is 2.71. The van der Waals surface area contributed by atoms with Crippen LogP contribution in [0, 0.1) is 5.82 Å². The first kappa shape index (κ1) is 17.9. The van der Waals surface area contributed by atoms with Gasteiger partial charge in [-0.25, -0.2) is 12.8 Å². The normalized spacial score (nSPS) is 12.5. The van der Waals surface area contributed by atoms with E-state index in [4.69, 9.17) is 4.74 Å². The molecular weight excluding hydrogens is 333 g/mol. The van der Waals surface area contributed by atoms with Crippen molar-refractivity contribution in [2.24, 2.45) is 0 Å². The van der Waals surface area contributed by atoms with Crippen LogP contribution >= 0.6 is 0 Å². The molecule has 0 aromatic heterocycles. The molecule has 0 saturated heterocycles. The van der Waals surface area contributed by atoms with Crippen molar-refractivity contribution >= 4 is 15.7 Å². The fraction of sp³-hybridized carbons (Fsp3) is 0.235. The molecular formula is C17H18FNO4S. The van der Waals surface area contributed by atoms with E-state index in [1.165, 1.54) is 43.5 Å². The maximum atomic E-state index is 13.8. The lowest BCUT2D eigenvalue weighted by Gasteiger charge is -2.15. The average Bonchev–Trinajstić information content (AvgIpc) is 2.54. The van der Waals surface area contributed by atoms with Gasteiger partial charge in [-0.05, 0) is 42.8 Å². The molecule has 0 aliphatic heterocycles. The van der Waals surface area contributed by atoms with Crippen molar-refractivity contribution in [1.29, 1.82) is 0 Å². The summed E-state index contributed by atoms with van der Waals surface area (Å²) >= 11 is 0. The summed E-state index contributed by atoms with van der Waals surface area (Å²) in [6, 6.07) is 9.72. The minimum Gasteiger partial charge on any atom is -0.494 e. The first-order valence-electron chi connectivity index (χ1n) is 7.17. The van der Waals surface area contributed by atoms with Crippen LogP contribution in [0.5, 0.6) is 5.75 Å². The van der Waals surface area contributed by atoms with E-state index >= 15 is 0 Å². The highest BCUT2D eigenvalue weighted by molar-refractivity contribution is 7.90. The molecule has 2 aromatic carbocycles. The summed E-state index contributed by atoms with van der Waals surface area (Å²) in [7, 11) is -2.02. The number of hydrogen-bond donors (Lipinski definition) is 1. The Kier molecular flexibility index (Phi) is 5.23. The van der Waals surface area contributed by atoms with Crippen molar-refractivity contribution < 1.29 is 22.3 Å². The van der Waals surface area contributed by atoms with Crippen LogP contribution in [0.3, 0.4) is 0 Å². The fourth-order valence-corrected chi connectivity index (χ4v) is 2.85. The Labute approximate surface area is 140 Å². The molecule has 0 spiro atoms. The quantitative estimate of drug-likeness (QED) is 0.899. The molecule has 24 heavy (non-hydrogen) atoms. The van der Waals surface area contributed by atoms with Crippen molar-refractivity contribution in [3.63, 3.8) is 0 Å². The van der Waals surface area contributed by atoms with Gasteiger partial charge in [-0.2, -0.15) is 0 Å². The molecule has 1 N–H and O–H groups in total. The SMILES string of the molecule is COc1ccc(C(C)NC(=O)c2cccc(S(C)(=O)=O)c2)cc1F. The third kappa shape index (κ3) is 4.11. The van der Waals surface area contributed by atoms with Crippen LogP contribution in [0.2, 0.25) is 0 Å². The Morgan fingerprint density at radius 1 is 1.21 bits per heavy atom. The second-order valence-electron chi connectivity index (χ2n) is 5.39. The molecule has 7 heteroatoms. The Morgan fingerprint density at radius 2 is 1.92 bits per heavy atom. The van der Waals surface area contributed by atoms with Crippen molar-refractivity contribution in [3.05, 3.63) is 59.4 Å². The van der Waals surface area contributed by atoms with E-state index in [1.807, 2.05) is 0 Å². The zero-order chi connectivity index (χ0) is 17.9. The Hall–Kier alpha value is -2.41. The number of halogens is 1. The third-order valence-corrected chi connectivity index (χ3v) is 4.66. The van der Waals surface area contributed by atoms with Crippen molar-refractivity contribution in [3.8, 4) is 5.75 Å². The maximum Gasteiger partial charge on any atom is 0.251 e. The molecule has 0 aliphatic rings. The largest absolute Gasteiger partial charge is 0.494 e. The van der Waals surface area contributed by atoms with E-state index in [-0.39, 0.29) is 16.2 Å². The van der Waals surface area contributed by atoms with Gasteiger partial charge in [0.05, 0.1) is 18.0 Å². The second kappa shape index (κ2) is 7.00. The molecule has 0 aliphatic carbocycles. The molecule has 0 radical (unpaired) electrons. The van der Waals surface area contributed by atoms with Crippen LogP contribution in [0.15, 0.2) is 47.4 Å². The van der Waals surface area contributed by atoms with E-state index < -0.39 is 27.6 Å². The summed E-state index contributed by atoms with van der Waals surface area (Å²) in [5.74, 6) is -0.836. The summed E-state index contributed by atoms with van der Waals surface area (Å²) in [6.07, 6.45) is 1.08. The van der Waals surface area contributed by atoms with Gasteiger partial charge in [-0.1, -0.05) is 12.1 Å². The molecule has 1 unspecified atom stereocenters. The number of carbonyl (C=O) groups excluding carboxylic acids is 1. The monoisotopic (exact) mass is 351 g/mol. The summed E-state index contributed by atoms with van der Waals surface area (Å²) in [6.45, 7) is 1.71. The Balaban J connectivity index is 2.19. The van der Waals surface area contributed by atoms with Crippen molar-refractivity contribution in [2.75, 3.05) is 13.4 Å². The first-order chi connectivity index (χ1) is 11.2. The zero-order valence-electron chi connectivity index (χ0n) is 13.5. The number of nitrogens with one attached hydrogen (secondary N) is 1. The first-order valence-corrected chi connectivity index (χ1v) is 9.06. The van der Waals surface area contributed by atoms with Crippen LogP contribution in [0.25, 0.3) is 0 Å². The number of carbonyl (C=O) groups is 1. The molecule has 0 bridgehead atoms. The van der Waals surface area contributed by atoms with Crippen molar-refractivity contribution in [1.82, 2.24) is 5.32 Å². The highest BCUT2D eigenvalue weighted by atomic mass is 32.2. The smallest absolute Gasteiger partial charge is 0.251 e. The highest BCUT2D eigenvalue weighted by Gasteiger charge is 2.15. The predicted molar refractivity (Wildman–Crippen MR) is 88.4 cm³/mol. The van der Waals surface area contributed by atoms with Gasteiger partial charge in [-0.3, -0.25) is 4.79 Å². The summed E-state index contributed by atoms with van der Waals surface area (Å²) in [5.41, 5.74) is 0.791. The molecule has 1 amide bonds. The van der Waals surface area contributed by atoms with Crippen LogP contribution in [-0.4, -0.2) is 27.7 Å². The maximum absolute atomic E-state index is 13.8. The van der Waals surface area contributed by atoms with Crippen LogP contribution < -0.4 is 10.1 Å². The number of hydrogen-bond acceptors (Lipinski definition) is 4. The van der Waals surface area contributed by atoms with Crippen LogP contribution in [0.4, 0.5) is 4.39 Å². The lowest BCUT2D eigenvalue weighted by Crippen LogP contribution is -2.26. The fourth-order valence-electron chi connectivity index (χ4n) is 2.18. The number of benzene rings is 2.